The Morgan fingerprint density at radius 2 is 2.31 bits per heavy atom. The van der Waals surface area contributed by atoms with Crippen LogP contribution in [0.15, 0.2) is 4.79 Å². The van der Waals surface area contributed by atoms with Crippen molar-refractivity contribution in [2.75, 3.05) is 5.73 Å². The molecule has 0 aromatic carbocycles. The minimum absolute atomic E-state index is 0.0569. The van der Waals surface area contributed by atoms with Gasteiger partial charge < -0.3 is 10.8 Å². The van der Waals surface area contributed by atoms with E-state index in [-0.39, 0.29) is 10.1 Å². The fourth-order valence-corrected chi connectivity index (χ4v) is 1.48. The molecule has 0 aliphatic carbocycles. The van der Waals surface area contributed by atoms with E-state index in [9.17, 15) is 9.18 Å². The van der Waals surface area contributed by atoms with Crippen molar-refractivity contribution in [2.45, 2.75) is 0 Å². The lowest BCUT2D eigenvalue weighted by atomic mass is 10.6. The van der Waals surface area contributed by atoms with Crippen LogP contribution in [0.1, 0.15) is 0 Å². The largest absolute Gasteiger partial charge is 0.491 e. The number of rotatable bonds is 0. The summed E-state index contributed by atoms with van der Waals surface area (Å²) in [6, 6.07) is 0. The Kier molecular flexibility index (Phi) is 1.46. The van der Waals surface area contributed by atoms with Crippen LogP contribution in [0, 0.1) is 5.82 Å². The van der Waals surface area contributed by atoms with Gasteiger partial charge in [-0.2, -0.15) is 13.9 Å². The van der Waals surface area contributed by atoms with E-state index in [2.05, 4.69) is 10.1 Å². The van der Waals surface area contributed by atoms with E-state index < -0.39 is 17.3 Å². The van der Waals surface area contributed by atoms with Gasteiger partial charge in [0.15, 0.2) is 0 Å². The Bertz CT molecular complexity index is 533. The molecule has 0 amide bonds. The van der Waals surface area contributed by atoms with E-state index in [1.165, 1.54) is 0 Å². The topological polar surface area (TPSA) is 93.5 Å². The number of nitrogens with zero attached hydrogens (tertiary/aromatic N) is 3. The highest BCUT2D eigenvalue weighted by molar-refractivity contribution is 7.20. The first-order valence-corrected chi connectivity index (χ1v) is 3.95. The van der Waals surface area contributed by atoms with Gasteiger partial charge in [-0.3, -0.25) is 4.79 Å². The quantitative estimate of drug-likeness (QED) is 0.605. The Labute approximate surface area is 74.1 Å². The Morgan fingerprint density at radius 3 is 3.00 bits per heavy atom. The summed E-state index contributed by atoms with van der Waals surface area (Å²) in [5, 5.41) is 12.4. The number of fused-ring (bicyclic) bond motifs is 1. The van der Waals surface area contributed by atoms with Gasteiger partial charge in [0.2, 0.25) is 10.1 Å². The molecule has 0 atom stereocenters. The number of nitrogens with two attached hydrogens (primary N) is 1. The van der Waals surface area contributed by atoms with Gasteiger partial charge in [-0.15, -0.1) is 5.10 Å². The van der Waals surface area contributed by atoms with E-state index in [1.54, 1.807) is 0 Å². The molecule has 0 fully saturated rings. The van der Waals surface area contributed by atoms with Crippen molar-refractivity contribution in [2.24, 2.45) is 0 Å². The normalized spacial score (nSPS) is 10.8. The van der Waals surface area contributed by atoms with Crippen molar-refractivity contribution in [3.63, 3.8) is 0 Å². The van der Waals surface area contributed by atoms with E-state index in [0.717, 1.165) is 11.3 Å². The van der Waals surface area contributed by atoms with Crippen molar-refractivity contribution in [3.8, 4) is 5.88 Å². The molecule has 2 rings (SSSR count). The molecular formula is C5H3FN4O2S. The third kappa shape index (κ3) is 1.03. The first-order chi connectivity index (χ1) is 6.09. The number of halogens is 1. The van der Waals surface area contributed by atoms with Gasteiger partial charge in [-0.1, -0.05) is 11.3 Å². The van der Waals surface area contributed by atoms with Crippen LogP contribution >= 0.6 is 11.3 Å². The first-order valence-electron chi connectivity index (χ1n) is 3.13. The predicted molar refractivity (Wildman–Crippen MR) is 43.2 cm³/mol. The van der Waals surface area contributed by atoms with Crippen LogP contribution in [0.2, 0.25) is 0 Å². The molecule has 0 radical (unpaired) electrons. The molecule has 3 N–H and O–H groups in total. The van der Waals surface area contributed by atoms with Crippen LogP contribution < -0.4 is 11.3 Å². The van der Waals surface area contributed by atoms with Crippen molar-refractivity contribution >= 4 is 21.4 Å². The standard InChI is InChI=1S/C5H3FN4O2S/c6-1-2(11)8-5-10(3(1)12)9-4(7)13-5/h11H,(H2,7,9). The zero-order chi connectivity index (χ0) is 9.59. The lowest BCUT2D eigenvalue weighted by Crippen LogP contribution is -2.18. The molecular weight excluding hydrogens is 199 g/mol. The van der Waals surface area contributed by atoms with E-state index in [4.69, 9.17) is 10.8 Å². The third-order valence-electron chi connectivity index (χ3n) is 1.35. The monoisotopic (exact) mass is 202 g/mol. The summed E-state index contributed by atoms with van der Waals surface area (Å²) in [6.07, 6.45) is 0. The molecule has 2 aromatic heterocycles. The Balaban J connectivity index is 3.01. The molecule has 68 valence electrons. The SMILES string of the molecule is Nc1nn2c(=O)c(F)c(O)nc2s1. The summed E-state index contributed by atoms with van der Waals surface area (Å²) in [5.41, 5.74) is 4.20. The second-order valence-corrected chi connectivity index (χ2v) is 3.18. The lowest BCUT2D eigenvalue weighted by molar-refractivity contribution is 0.405. The molecule has 0 spiro atoms. The number of anilines is 1. The van der Waals surface area contributed by atoms with Crippen molar-refractivity contribution in [1.29, 1.82) is 0 Å². The molecule has 0 aliphatic rings. The fraction of sp³-hybridized carbons (Fsp3) is 0. The first kappa shape index (κ1) is 7.92. The van der Waals surface area contributed by atoms with Gasteiger partial charge >= 0.3 is 5.56 Å². The van der Waals surface area contributed by atoms with Crippen molar-refractivity contribution in [1.82, 2.24) is 14.6 Å². The van der Waals surface area contributed by atoms with Gasteiger partial charge in [-0.05, 0) is 0 Å². The smallest absolute Gasteiger partial charge is 0.315 e. The summed E-state index contributed by atoms with van der Waals surface area (Å²) in [4.78, 5) is 14.5. The third-order valence-corrected chi connectivity index (χ3v) is 2.09. The van der Waals surface area contributed by atoms with E-state index in [0.29, 0.717) is 4.52 Å². The van der Waals surface area contributed by atoms with Crippen molar-refractivity contribution in [3.05, 3.63) is 16.2 Å². The zero-order valence-corrected chi connectivity index (χ0v) is 6.88. The second kappa shape index (κ2) is 2.39. The number of hydrogen-bond acceptors (Lipinski definition) is 6. The Hall–Kier alpha value is -1.70. The molecule has 2 heterocycles. The van der Waals surface area contributed by atoms with Gasteiger partial charge in [0.1, 0.15) is 0 Å². The highest BCUT2D eigenvalue weighted by Gasteiger charge is 2.13. The number of aromatic nitrogens is 3. The lowest BCUT2D eigenvalue weighted by Gasteiger charge is -1.92. The van der Waals surface area contributed by atoms with Gasteiger partial charge in [0.25, 0.3) is 11.7 Å². The zero-order valence-electron chi connectivity index (χ0n) is 6.06. The average molecular weight is 202 g/mol. The van der Waals surface area contributed by atoms with Crippen LogP contribution in [0.4, 0.5) is 9.52 Å². The summed E-state index contributed by atoms with van der Waals surface area (Å²) < 4.78 is 13.5. The Morgan fingerprint density at radius 1 is 1.62 bits per heavy atom. The van der Waals surface area contributed by atoms with Crippen LogP contribution in [0.3, 0.4) is 0 Å². The maximum atomic E-state index is 12.7. The van der Waals surface area contributed by atoms with Gasteiger partial charge in [0, 0.05) is 0 Å². The molecule has 0 unspecified atom stereocenters. The summed E-state index contributed by atoms with van der Waals surface area (Å²) in [7, 11) is 0. The fourth-order valence-electron chi connectivity index (χ4n) is 0.829. The second-order valence-electron chi connectivity index (χ2n) is 2.19. The summed E-state index contributed by atoms with van der Waals surface area (Å²) >= 11 is 0.881. The average Bonchev–Trinajstić information content (AvgIpc) is 2.42. The maximum absolute atomic E-state index is 12.7. The van der Waals surface area contributed by atoms with E-state index >= 15 is 0 Å². The summed E-state index contributed by atoms with van der Waals surface area (Å²) in [6.45, 7) is 0. The van der Waals surface area contributed by atoms with Gasteiger partial charge in [0.05, 0.1) is 0 Å². The molecule has 13 heavy (non-hydrogen) atoms. The summed E-state index contributed by atoms with van der Waals surface area (Å²) in [5.74, 6) is -2.27. The number of aromatic hydroxyl groups is 1. The van der Waals surface area contributed by atoms with E-state index in [1.807, 2.05) is 0 Å². The molecule has 8 heteroatoms. The van der Waals surface area contributed by atoms with Crippen LogP contribution in [0.5, 0.6) is 5.88 Å². The highest BCUT2D eigenvalue weighted by atomic mass is 32.1. The molecule has 6 nitrogen and oxygen atoms in total. The minimum atomic E-state index is -1.33. The maximum Gasteiger partial charge on any atom is 0.315 e. The van der Waals surface area contributed by atoms with Gasteiger partial charge in [-0.25, -0.2) is 0 Å². The highest BCUT2D eigenvalue weighted by Crippen LogP contribution is 2.15. The van der Waals surface area contributed by atoms with Crippen LogP contribution in [-0.2, 0) is 0 Å². The molecule has 2 aromatic rings. The minimum Gasteiger partial charge on any atom is -0.491 e. The molecule has 0 saturated heterocycles. The molecule has 0 bridgehead atoms. The predicted octanol–water partition coefficient (Wildman–Crippen LogP) is -0.422. The number of nitrogen functional groups attached to an aromatic ring is 1. The van der Waals surface area contributed by atoms with Crippen LogP contribution in [-0.4, -0.2) is 19.7 Å². The number of hydrogen-bond donors (Lipinski definition) is 2. The molecule has 0 saturated carbocycles. The van der Waals surface area contributed by atoms with Crippen molar-refractivity contribution < 1.29 is 9.50 Å². The molecule has 0 aliphatic heterocycles. The van der Waals surface area contributed by atoms with Crippen LogP contribution in [0.25, 0.3) is 4.96 Å².